The lowest BCUT2D eigenvalue weighted by Crippen LogP contribution is -2.34. The molecular formula is C15H18N2OS. The highest BCUT2D eigenvalue weighted by atomic mass is 32.1. The van der Waals surface area contributed by atoms with E-state index in [0.29, 0.717) is 6.54 Å². The summed E-state index contributed by atoms with van der Waals surface area (Å²) >= 11 is 1.63. The largest absolute Gasteiger partial charge is 0.349 e. The molecule has 1 amide bonds. The van der Waals surface area contributed by atoms with Crippen LogP contribution in [0.15, 0.2) is 47.2 Å². The first-order chi connectivity index (χ1) is 9.22. The Bertz CT molecular complexity index is 510. The van der Waals surface area contributed by atoms with Crippen LogP contribution >= 0.6 is 11.3 Å². The minimum atomic E-state index is -0.290. The van der Waals surface area contributed by atoms with Crippen molar-refractivity contribution in [3.8, 4) is 0 Å². The van der Waals surface area contributed by atoms with Crippen molar-refractivity contribution in [1.82, 2.24) is 5.32 Å². The van der Waals surface area contributed by atoms with E-state index in [4.69, 9.17) is 5.73 Å². The van der Waals surface area contributed by atoms with Crippen LogP contribution in [0, 0.1) is 0 Å². The molecule has 2 rings (SSSR count). The Kier molecular flexibility index (Phi) is 4.71. The van der Waals surface area contributed by atoms with Gasteiger partial charge in [0.1, 0.15) is 0 Å². The van der Waals surface area contributed by atoms with Crippen molar-refractivity contribution in [3.05, 3.63) is 58.3 Å². The molecule has 0 radical (unpaired) electrons. The quantitative estimate of drug-likeness (QED) is 0.880. The molecule has 0 saturated carbocycles. The summed E-state index contributed by atoms with van der Waals surface area (Å²) in [5, 5.41) is 7.08. The fourth-order valence-corrected chi connectivity index (χ4v) is 2.75. The summed E-state index contributed by atoms with van der Waals surface area (Å²) in [7, 11) is 0. The molecule has 0 bridgehead atoms. The minimum Gasteiger partial charge on any atom is -0.349 e. The molecule has 0 fully saturated rings. The Labute approximate surface area is 117 Å². The van der Waals surface area contributed by atoms with Crippen molar-refractivity contribution in [2.45, 2.75) is 18.9 Å². The normalized spacial score (nSPS) is 13.8. The molecule has 1 aromatic heterocycles. The summed E-state index contributed by atoms with van der Waals surface area (Å²) in [6.45, 7) is 2.30. The van der Waals surface area contributed by atoms with Gasteiger partial charge in [0.25, 0.3) is 0 Å². The van der Waals surface area contributed by atoms with E-state index in [9.17, 15) is 4.79 Å². The molecule has 19 heavy (non-hydrogen) atoms. The van der Waals surface area contributed by atoms with Crippen LogP contribution in [0.25, 0.3) is 0 Å². The first-order valence-corrected chi connectivity index (χ1v) is 7.24. The molecule has 4 heteroatoms. The molecule has 2 unspecified atom stereocenters. The van der Waals surface area contributed by atoms with Crippen molar-refractivity contribution in [2.24, 2.45) is 5.73 Å². The van der Waals surface area contributed by atoms with Crippen molar-refractivity contribution in [3.63, 3.8) is 0 Å². The number of nitrogens with one attached hydrogen (secondary N) is 1. The molecule has 0 aliphatic carbocycles. The molecule has 1 heterocycles. The van der Waals surface area contributed by atoms with Crippen LogP contribution in [0.3, 0.4) is 0 Å². The highest BCUT2D eigenvalue weighted by molar-refractivity contribution is 7.07. The average molecular weight is 274 g/mol. The van der Waals surface area contributed by atoms with E-state index in [1.54, 1.807) is 11.3 Å². The molecule has 100 valence electrons. The maximum Gasteiger partial charge on any atom is 0.229 e. The van der Waals surface area contributed by atoms with Crippen LogP contribution in [0.4, 0.5) is 0 Å². The average Bonchev–Trinajstić information content (AvgIpc) is 2.94. The molecular weight excluding hydrogens is 256 g/mol. The standard InChI is InChI=1S/C15H18N2OS/c1-11(13-7-8-19-10-13)17-15(18)14(9-16)12-5-3-2-4-6-12/h2-8,10-11,14H,9,16H2,1H3,(H,17,18). The molecule has 3 nitrogen and oxygen atoms in total. The van der Waals surface area contributed by atoms with Crippen molar-refractivity contribution >= 4 is 17.2 Å². The third-order valence-electron chi connectivity index (χ3n) is 3.16. The number of carbonyl (C=O) groups is 1. The zero-order valence-corrected chi connectivity index (χ0v) is 11.7. The van der Waals surface area contributed by atoms with E-state index < -0.39 is 0 Å². The number of rotatable bonds is 5. The summed E-state index contributed by atoms with van der Waals surface area (Å²) in [6.07, 6.45) is 0. The van der Waals surface area contributed by atoms with Crippen LogP contribution < -0.4 is 11.1 Å². The van der Waals surface area contributed by atoms with Crippen LogP contribution in [0.5, 0.6) is 0 Å². The van der Waals surface area contributed by atoms with Gasteiger partial charge in [-0.2, -0.15) is 11.3 Å². The number of benzene rings is 1. The van der Waals surface area contributed by atoms with E-state index >= 15 is 0 Å². The maximum atomic E-state index is 12.3. The Hall–Kier alpha value is -1.65. The molecule has 1 aromatic carbocycles. The predicted octanol–water partition coefficient (Wildman–Crippen LogP) is 2.67. The van der Waals surface area contributed by atoms with Gasteiger partial charge in [-0.05, 0) is 34.9 Å². The molecule has 2 aromatic rings. The lowest BCUT2D eigenvalue weighted by molar-refractivity contribution is -0.123. The second-order valence-electron chi connectivity index (χ2n) is 4.49. The second kappa shape index (κ2) is 6.50. The van der Waals surface area contributed by atoms with Gasteiger partial charge in [0.2, 0.25) is 5.91 Å². The zero-order chi connectivity index (χ0) is 13.7. The maximum absolute atomic E-state index is 12.3. The van der Waals surface area contributed by atoms with Gasteiger partial charge >= 0.3 is 0 Å². The Morgan fingerprint density at radius 1 is 1.26 bits per heavy atom. The lowest BCUT2D eigenvalue weighted by Gasteiger charge is -2.19. The number of nitrogens with two attached hydrogens (primary N) is 1. The Morgan fingerprint density at radius 2 is 2.00 bits per heavy atom. The smallest absolute Gasteiger partial charge is 0.229 e. The van der Waals surface area contributed by atoms with E-state index in [0.717, 1.165) is 11.1 Å². The fourth-order valence-electron chi connectivity index (χ4n) is 2.00. The summed E-state index contributed by atoms with van der Waals surface area (Å²) < 4.78 is 0. The van der Waals surface area contributed by atoms with Crippen molar-refractivity contribution < 1.29 is 4.79 Å². The van der Waals surface area contributed by atoms with Gasteiger partial charge in [-0.15, -0.1) is 0 Å². The van der Waals surface area contributed by atoms with Gasteiger partial charge in [0.15, 0.2) is 0 Å². The van der Waals surface area contributed by atoms with Crippen molar-refractivity contribution in [1.29, 1.82) is 0 Å². The number of thiophene rings is 1. The fraction of sp³-hybridized carbons (Fsp3) is 0.267. The van der Waals surface area contributed by atoms with E-state index in [-0.39, 0.29) is 17.9 Å². The highest BCUT2D eigenvalue weighted by Gasteiger charge is 2.20. The minimum absolute atomic E-state index is 0.0107. The lowest BCUT2D eigenvalue weighted by atomic mass is 9.98. The van der Waals surface area contributed by atoms with E-state index in [1.807, 2.05) is 54.1 Å². The van der Waals surface area contributed by atoms with E-state index in [2.05, 4.69) is 5.32 Å². The number of carbonyl (C=O) groups excluding carboxylic acids is 1. The number of amides is 1. The van der Waals surface area contributed by atoms with Gasteiger partial charge < -0.3 is 11.1 Å². The van der Waals surface area contributed by atoms with Crippen molar-refractivity contribution in [2.75, 3.05) is 6.54 Å². The molecule has 0 aliphatic heterocycles. The van der Waals surface area contributed by atoms with Crippen LogP contribution in [-0.2, 0) is 4.79 Å². The third-order valence-corrected chi connectivity index (χ3v) is 3.86. The zero-order valence-electron chi connectivity index (χ0n) is 10.9. The van der Waals surface area contributed by atoms with Crippen LogP contribution in [-0.4, -0.2) is 12.5 Å². The third kappa shape index (κ3) is 3.43. The first kappa shape index (κ1) is 13.8. The SMILES string of the molecule is CC(NC(=O)C(CN)c1ccccc1)c1ccsc1. The Balaban J connectivity index is 2.06. The predicted molar refractivity (Wildman–Crippen MR) is 79.1 cm³/mol. The number of hydrogen-bond acceptors (Lipinski definition) is 3. The second-order valence-corrected chi connectivity index (χ2v) is 5.27. The molecule has 2 atom stereocenters. The highest BCUT2D eigenvalue weighted by Crippen LogP contribution is 2.19. The monoisotopic (exact) mass is 274 g/mol. The molecule has 0 spiro atoms. The van der Waals surface area contributed by atoms with Gasteiger partial charge in [0.05, 0.1) is 12.0 Å². The van der Waals surface area contributed by atoms with Crippen LogP contribution in [0.2, 0.25) is 0 Å². The summed E-state index contributed by atoms with van der Waals surface area (Å²) in [4.78, 5) is 12.3. The van der Waals surface area contributed by atoms with Gasteiger partial charge in [-0.1, -0.05) is 30.3 Å². The molecule has 0 aliphatic rings. The summed E-state index contributed by atoms with van der Waals surface area (Å²) in [5.41, 5.74) is 7.83. The molecule has 0 saturated heterocycles. The van der Waals surface area contributed by atoms with Crippen LogP contribution in [0.1, 0.15) is 30.0 Å². The molecule has 3 N–H and O–H groups in total. The van der Waals surface area contributed by atoms with E-state index in [1.165, 1.54) is 0 Å². The van der Waals surface area contributed by atoms with Gasteiger partial charge in [-0.3, -0.25) is 4.79 Å². The number of hydrogen-bond donors (Lipinski definition) is 2. The van der Waals surface area contributed by atoms with Gasteiger partial charge in [0, 0.05) is 6.54 Å². The summed E-state index contributed by atoms with van der Waals surface area (Å²) in [6, 6.07) is 11.7. The topological polar surface area (TPSA) is 55.1 Å². The van der Waals surface area contributed by atoms with Gasteiger partial charge in [-0.25, -0.2) is 0 Å². The first-order valence-electron chi connectivity index (χ1n) is 6.30. The Morgan fingerprint density at radius 3 is 2.58 bits per heavy atom. The summed E-state index contributed by atoms with van der Waals surface area (Å²) in [5.74, 6) is -0.310.